The fraction of sp³-hybridized carbons (Fsp3) is 0.333. The first kappa shape index (κ1) is 15.0. The second-order valence-corrected chi connectivity index (χ2v) is 6.23. The molecule has 3 heterocycles. The van der Waals surface area contributed by atoms with Gasteiger partial charge in [0.2, 0.25) is 5.89 Å². The van der Waals surface area contributed by atoms with Crippen molar-refractivity contribution in [2.45, 2.75) is 31.8 Å². The van der Waals surface area contributed by atoms with Gasteiger partial charge in [-0.15, -0.1) is 0 Å². The van der Waals surface area contributed by atoms with Crippen LogP contribution in [0.3, 0.4) is 0 Å². The maximum Gasteiger partial charge on any atom is 0.357 e. The van der Waals surface area contributed by atoms with Crippen LogP contribution in [0.2, 0.25) is 0 Å². The van der Waals surface area contributed by atoms with E-state index in [1.807, 2.05) is 12.1 Å². The molecule has 0 spiro atoms. The number of rotatable bonds is 4. The van der Waals surface area contributed by atoms with Crippen LogP contribution in [0.15, 0.2) is 41.0 Å². The maximum atomic E-state index is 11.0. The number of carbonyl (C=O) groups is 1. The van der Waals surface area contributed by atoms with E-state index in [0.29, 0.717) is 12.4 Å². The number of likely N-dealkylation sites (tertiary alicyclic amines) is 1. The van der Waals surface area contributed by atoms with Crippen molar-refractivity contribution in [3.63, 3.8) is 0 Å². The zero-order valence-electron chi connectivity index (χ0n) is 13.2. The summed E-state index contributed by atoms with van der Waals surface area (Å²) in [5.41, 5.74) is 2.30. The highest BCUT2D eigenvalue weighted by Crippen LogP contribution is 2.33. The standard InChI is InChI=1S/C18H19N3O3/c22-18(23)15-11-24-17(20-15)10-21-8-4-3-7-16(21)14-9-12-5-1-2-6-13(12)19-14/h1-2,5-6,9,11,16,19H,3-4,7-8,10H2,(H,22,23). The molecule has 124 valence electrons. The third-order valence-electron chi connectivity index (χ3n) is 4.63. The van der Waals surface area contributed by atoms with Crippen LogP contribution in [0.5, 0.6) is 0 Å². The molecule has 1 fully saturated rings. The number of nitrogens with one attached hydrogen (secondary N) is 1. The summed E-state index contributed by atoms with van der Waals surface area (Å²) in [6, 6.07) is 10.7. The van der Waals surface area contributed by atoms with Gasteiger partial charge in [-0.3, -0.25) is 4.90 Å². The molecular weight excluding hydrogens is 306 g/mol. The van der Waals surface area contributed by atoms with Crippen molar-refractivity contribution >= 4 is 16.9 Å². The molecule has 2 N–H and O–H groups in total. The average Bonchev–Trinajstić information content (AvgIpc) is 3.22. The van der Waals surface area contributed by atoms with E-state index in [0.717, 1.165) is 24.9 Å². The summed E-state index contributed by atoms with van der Waals surface area (Å²) in [4.78, 5) is 20.8. The quantitative estimate of drug-likeness (QED) is 0.766. The molecule has 1 aliphatic rings. The molecule has 0 saturated carbocycles. The number of hydrogen-bond acceptors (Lipinski definition) is 4. The predicted molar refractivity (Wildman–Crippen MR) is 88.8 cm³/mol. The van der Waals surface area contributed by atoms with Gasteiger partial charge in [0.15, 0.2) is 5.69 Å². The van der Waals surface area contributed by atoms with Crippen LogP contribution in [0.25, 0.3) is 10.9 Å². The molecule has 0 radical (unpaired) electrons. The van der Waals surface area contributed by atoms with Gasteiger partial charge in [-0.25, -0.2) is 9.78 Å². The molecule has 1 aromatic carbocycles. The van der Waals surface area contributed by atoms with E-state index in [-0.39, 0.29) is 11.7 Å². The van der Waals surface area contributed by atoms with Crippen LogP contribution >= 0.6 is 0 Å². The Bertz CT molecular complexity index is 834. The van der Waals surface area contributed by atoms with Gasteiger partial charge in [0.05, 0.1) is 12.6 Å². The molecule has 1 aliphatic heterocycles. The van der Waals surface area contributed by atoms with Crippen LogP contribution in [0.1, 0.15) is 47.4 Å². The summed E-state index contributed by atoms with van der Waals surface area (Å²) in [5, 5.41) is 10.2. The third kappa shape index (κ3) is 2.80. The second-order valence-electron chi connectivity index (χ2n) is 6.23. The Hall–Kier alpha value is -2.60. The predicted octanol–water partition coefficient (Wildman–Crippen LogP) is 3.58. The number of piperidine rings is 1. The van der Waals surface area contributed by atoms with Crippen LogP contribution < -0.4 is 0 Å². The molecule has 2 aromatic heterocycles. The number of benzene rings is 1. The number of nitrogens with zero attached hydrogens (tertiary/aromatic N) is 2. The van der Waals surface area contributed by atoms with Gasteiger partial charge in [0, 0.05) is 11.2 Å². The number of H-pyrrole nitrogens is 1. The van der Waals surface area contributed by atoms with Crippen LogP contribution in [-0.2, 0) is 6.54 Å². The van der Waals surface area contributed by atoms with E-state index < -0.39 is 5.97 Å². The van der Waals surface area contributed by atoms with E-state index in [2.05, 4.69) is 33.1 Å². The lowest BCUT2D eigenvalue weighted by atomic mass is 9.99. The molecule has 1 unspecified atom stereocenters. The lowest BCUT2D eigenvalue weighted by molar-refractivity contribution is 0.0690. The first-order valence-electron chi connectivity index (χ1n) is 8.20. The van der Waals surface area contributed by atoms with Crippen LogP contribution in [0, 0.1) is 0 Å². The summed E-state index contributed by atoms with van der Waals surface area (Å²) in [5.74, 6) is -0.605. The SMILES string of the molecule is O=C(O)c1coc(CN2CCCCC2c2cc3ccccc3[nH]2)n1. The molecule has 6 nitrogen and oxygen atoms in total. The Morgan fingerprint density at radius 2 is 2.25 bits per heavy atom. The normalized spacial score (nSPS) is 18.9. The molecule has 1 saturated heterocycles. The summed E-state index contributed by atoms with van der Waals surface area (Å²) < 4.78 is 5.33. The number of aromatic nitrogens is 2. The maximum absolute atomic E-state index is 11.0. The second kappa shape index (κ2) is 6.13. The first-order chi connectivity index (χ1) is 11.7. The van der Waals surface area contributed by atoms with Crippen molar-refractivity contribution < 1.29 is 14.3 Å². The number of carboxylic acids is 1. The Balaban J connectivity index is 1.59. The smallest absolute Gasteiger partial charge is 0.357 e. The third-order valence-corrected chi connectivity index (χ3v) is 4.63. The minimum Gasteiger partial charge on any atom is -0.476 e. The van der Waals surface area contributed by atoms with E-state index in [9.17, 15) is 4.79 Å². The molecule has 0 amide bonds. The highest BCUT2D eigenvalue weighted by Gasteiger charge is 2.27. The van der Waals surface area contributed by atoms with Crippen molar-refractivity contribution in [3.05, 3.63) is 53.9 Å². The molecule has 3 aromatic rings. The van der Waals surface area contributed by atoms with Crippen molar-refractivity contribution in [2.75, 3.05) is 6.54 Å². The van der Waals surface area contributed by atoms with E-state index in [1.54, 1.807) is 0 Å². The number of aromatic amines is 1. The minimum absolute atomic E-state index is 0.0378. The molecular formula is C18H19N3O3. The highest BCUT2D eigenvalue weighted by molar-refractivity contribution is 5.84. The van der Waals surface area contributed by atoms with Crippen molar-refractivity contribution in [3.8, 4) is 0 Å². The fourth-order valence-corrected chi connectivity index (χ4v) is 3.46. The lowest BCUT2D eigenvalue weighted by Gasteiger charge is -2.34. The van der Waals surface area contributed by atoms with Gasteiger partial charge in [0.25, 0.3) is 0 Å². The van der Waals surface area contributed by atoms with Crippen LogP contribution in [0.4, 0.5) is 0 Å². The number of carboxylic acid groups (broad SMARTS) is 1. The molecule has 24 heavy (non-hydrogen) atoms. The summed E-state index contributed by atoms with van der Waals surface area (Å²) in [7, 11) is 0. The van der Waals surface area contributed by atoms with Crippen molar-refractivity contribution in [1.29, 1.82) is 0 Å². The molecule has 6 heteroatoms. The number of hydrogen-bond donors (Lipinski definition) is 2. The zero-order valence-corrected chi connectivity index (χ0v) is 13.2. The minimum atomic E-state index is -1.06. The summed E-state index contributed by atoms with van der Waals surface area (Å²) >= 11 is 0. The first-order valence-corrected chi connectivity index (χ1v) is 8.20. The van der Waals surface area contributed by atoms with E-state index in [4.69, 9.17) is 9.52 Å². The van der Waals surface area contributed by atoms with Gasteiger partial charge < -0.3 is 14.5 Å². The largest absolute Gasteiger partial charge is 0.476 e. The molecule has 4 rings (SSSR count). The topological polar surface area (TPSA) is 82.4 Å². The Kier molecular flexibility index (Phi) is 3.82. The zero-order chi connectivity index (χ0) is 16.5. The van der Waals surface area contributed by atoms with E-state index >= 15 is 0 Å². The lowest BCUT2D eigenvalue weighted by Crippen LogP contribution is -2.33. The fourth-order valence-electron chi connectivity index (χ4n) is 3.46. The molecule has 0 aliphatic carbocycles. The van der Waals surface area contributed by atoms with Gasteiger partial charge in [0.1, 0.15) is 6.26 Å². The molecule has 0 bridgehead atoms. The summed E-state index contributed by atoms with van der Waals surface area (Å²) in [6.45, 7) is 1.47. The van der Waals surface area contributed by atoms with E-state index in [1.165, 1.54) is 23.8 Å². The Labute approximate surface area is 139 Å². The van der Waals surface area contributed by atoms with Gasteiger partial charge >= 0.3 is 5.97 Å². The average molecular weight is 325 g/mol. The van der Waals surface area contributed by atoms with Crippen molar-refractivity contribution in [1.82, 2.24) is 14.9 Å². The van der Waals surface area contributed by atoms with Gasteiger partial charge in [-0.2, -0.15) is 0 Å². The number of aromatic carboxylic acids is 1. The Morgan fingerprint density at radius 3 is 3.04 bits per heavy atom. The molecule has 1 atom stereocenters. The van der Waals surface area contributed by atoms with Crippen LogP contribution in [-0.4, -0.2) is 32.5 Å². The van der Waals surface area contributed by atoms with Gasteiger partial charge in [-0.1, -0.05) is 24.6 Å². The number of oxazole rings is 1. The number of fused-ring (bicyclic) bond motifs is 1. The van der Waals surface area contributed by atoms with Crippen molar-refractivity contribution in [2.24, 2.45) is 0 Å². The number of para-hydroxylation sites is 1. The highest BCUT2D eigenvalue weighted by atomic mass is 16.4. The van der Waals surface area contributed by atoms with Gasteiger partial charge in [-0.05, 0) is 36.9 Å². The monoisotopic (exact) mass is 325 g/mol. The summed E-state index contributed by atoms with van der Waals surface area (Å²) in [6.07, 6.45) is 4.59. The Morgan fingerprint density at radius 1 is 1.38 bits per heavy atom.